The van der Waals surface area contributed by atoms with Crippen molar-refractivity contribution in [2.45, 2.75) is 0 Å². The summed E-state index contributed by atoms with van der Waals surface area (Å²) in [5.74, 6) is 0. The van der Waals surface area contributed by atoms with E-state index in [0.29, 0.717) is 0 Å². The Morgan fingerprint density at radius 1 is 1.57 bits per heavy atom. The molecule has 0 aromatic heterocycles. The summed E-state index contributed by atoms with van der Waals surface area (Å²) in [6, 6.07) is 0. The Morgan fingerprint density at radius 3 is 2.00 bits per heavy atom. The molecule has 0 rings (SSSR count). The Labute approximate surface area is 47.2 Å². The van der Waals surface area contributed by atoms with Crippen molar-refractivity contribution in [2.24, 2.45) is 0 Å². The van der Waals surface area contributed by atoms with Gasteiger partial charge >= 0.3 is 15.3 Å². The fraction of sp³-hybridized carbons (Fsp3) is 0. The molecule has 0 aromatic carbocycles. The molecule has 0 aliphatic rings. The van der Waals surface area contributed by atoms with Crippen LogP contribution in [0.1, 0.15) is 0 Å². The van der Waals surface area contributed by atoms with Gasteiger partial charge in [-0.2, -0.15) is 0 Å². The first-order valence-corrected chi connectivity index (χ1v) is 4.84. The summed E-state index contributed by atoms with van der Waals surface area (Å²) < 4.78 is 19.4. The molecule has 0 spiro atoms. The summed E-state index contributed by atoms with van der Waals surface area (Å²) in [5.41, 5.74) is 0. The summed E-state index contributed by atoms with van der Waals surface area (Å²) >= 11 is 3.29. The van der Waals surface area contributed by atoms with E-state index < -0.39 is 15.3 Å². The standard InChI is InChI=1S/HNO3P2S/c2-5(3)1-6(4)7/h(H-2,1,2,3,4,7)/p+2. The van der Waals surface area contributed by atoms with E-state index in [9.17, 15) is 9.13 Å². The van der Waals surface area contributed by atoms with Crippen molar-refractivity contribution in [3.05, 3.63) is 0 Å². The fourth-order valence-corrected chi connectivity index (χ4v) is 1.35. The molecule has 0 amide bonds. The Hall–Kier alpha value is 0.470. The molecular formula is H3NO3P2S+2. The molecule has 0 fully saturated rings. The fourth-order valence-electron chi connectivity index (χ4n) is 0.0732. The largest absolute Gasteiger partial charge is 0.655 e. The van der Waals surface area contributed by atoms with E-state index >= 15 is 0 Å². The van der Waals surface area contributed by atoms with Crippen molar-refractivity contribution in [1.82, 2.24) is 4.86 Å². The Balaban J connectivity index is 3.32. The van der Waals surface area contributed by atoms with Crippen LogP contribution in [-0.4, -0.2) is 4.89 Å². The topological polar surface area (TPSA) is 66.4 Å². The molecule has 2 unspecified atom stereocenters. The minimum absolute atomic E-state index is 1.74. The molecule has 2 N–H and O–H groups in total. The highest BCUT2D eigenvalue weighted by Gasteiger charge is 2.24. The van der Waals surface area contributed by atoms with E-state index in [1.165, 1.54) is 0 Å². The summed E-state index contributed by atoms with van der Waals surface area (Å²) in [7, 11) is -4.48. The normalized spacial score (nSPS) is 13.4. The van der Waals surface area contributed by atoms with Crippen LogP contribution >= 0.6 is 27.6 Å². The van der Waals surface area contributed by atoms with Gasteiger partial charge in [-0.3, -0.25) is 0 Å². The lowest BCUT2D eigenvalue weighted by Crippen LogP contribution is -1.80. The lowest BCUT2D eigenvalue weighted by molar-refractivity contribution is 0.499. The molecule has 7 heteroatoms. The Bertz CT molecular complexity index is 89.1. The van der Waals surface area contributed by atoms with Gasteiger partial charge in [-0.1, -0.05) is 0 Å². The smallest absolute Gasteiger partial charge is 0.142 e. The monoisotopic (exact) mass is 159 g/mol. The average molecular weight is 159 g/mol. The first-order valence-electron chi connectivity index (χ1n) is 1.21. The Kier molecular flexibility index (Phi) is 3.70. The number of nitrogens with one attached hydrogen (secondary N) is 1. The molecule has 0 saturated heterocycles. The third-order valence-electron chi connectivity index (χ3n) is 0.171. The molecule has 0 aromatic rings. The van der Waals surface area contributed by atoms with Crippen molar-refractivity contribution < 1.29 is 14.0 Å². The Morgan fingerprint density at radius 2 is 2.00 bits per heavy atom. The molecule has 0 aliphatic carbocycles. The lowest BCUT2D eigenvalue weighted by atomic mass is 13.9. The van der Waals surface area contributed by atoms with Gasteiger partial charge in [0.2, 0.25) is 0 Å². The van der Waals surface area contributed by atoms with E-state index in [-0.39, 0.29) is 0 Å². The van der Waals surface area contributed by atoms with Gasteiger partial charge in [0, 0.05) is 0 Å². The van der Waals surface area contributed by atoms with E-state index in [0.717, 1.165) is 0 Å². The zero-order chi connectivity index (χ0) is 5.86. The molecule has 4 nitrogen and oxygen atoms in total. The van der Waals surface area contributed by atoms with E-state index in [1.54, 1.807) is 4.86 Å². The van der Waals surface area contributed by atoms with Gasteiger partial charge in [0.1, 0.15) is 17.1 Å². The second kappa shape index (κ2) is 3.47. The molecule has 0 heterocycles. The maximum Gasteiger partial charge on any atom is 0.655 e. The predicted octanol–water partition coefficient (Wildman–Crippen LogP) is 0.813. The van der Waals surface area contributed by atoms with Gasteiger partial charge in [-0.15, -0.1) is 4.89 Å². The van der Waals surface area contributed by atoms with Gasteiger partial charge in [0.05, 0.1) is 0 Å². The van der Waals surface area contributed by atoms with E-state index in [4.69, 9.17) is 4.89 Å². The highest BCUT2D eigenvalue weighted by Crippen LogP contribution is 2.27. The second-order valence-corrected chi connectivity index (χ2v) is 3.63. The number of thiol groups is 1. The van der Waals surface area contributed by atoms with Crippen LogP contribution in [0.5, 0.6) is 0 Å². The first-order chi connectivity index (χ1) is 3.13. The maximum atomic E-state index is 9.81. The summed E-state index contributed by atoms with van der Waals surface area (Å²) in [5, 5.41) is 0. The molecule has 40 valence electrons. The zero-order valence-electron chi connectivity index (χ0n) is 3.11. The van der Waals surface area contributed by atoms with Gasteiger partial charge in [-0.25, -0.2) is 0 Å². The van der Waals surface area contributed by atoms with Crippen molar-refractivity contribution in [1.29, 1.82) is 0 Å². The number of hydrogen-bond acceptors (Lipinski definition) is 2. The van der Waals surface area contributed by atoms with Crippen LogP contribution < -0.4 is 4.86 Å². The quantitative estimate of drug-likeness (QED) is 0.412. The van der Waals surface area contributed by atoms with Gasteiger partial charge in [-0.05, 0) is 9.13 Å². The predicted molar refractivity (Wildman–Crippen MR) is 29.6 cm³/mol. The maximum absolute atomic E-state index is 9.81. The van der Waals surface area contributed by atoms with Gasteiger partial charge in [0.25, 0.3) is 0 Å². The molecule has 7 heavy (non-hydrogen) atoms. The van der Waals surface area contributed by atoms with Gasteiger partial charge < -0.3 is 0 Å². The average Bonchev–Trinajstić information content (AvgIpc) is 1.27. The molecule has 0 aliphatic heterocycles. The van der Waals surface area contributed by atoms with E-state index in [2.05, 4.69) is 12.2 Å². The minimum Gasteiger partial charge on any atom is -0.142 e. The van der Waals surface area contributed by atoms with Crippen LogP contribution in [0.4, 0.5) is 0 Å². The first kappa shape index (κ1) is 7.47. The van der Waals surface area contributed by atoms with Crippen molar-refractivity contribution >= 4 is 27.6 Å². The van der Waals surface area contributed by atoms with Gasteiger partial charge in [0.15, 0.2) is 0 Å². The third kappa shape index (κ3) is 6.47. The highest BCUT2D eigenvalue weighted by atomic mass is 32.7. The minimum atomic E-state index is -2.50. The number of hydrogen-bond donors (Lipinski definition) is 3. The molecule has 0 bridgehead atoms. The second-order valence-electron chi connectivity index (χ2n) is 0.646. The van der Waals surface area contributed by atoms with Crippen LogP contribution in [0.3, 0.4) is 0 Å². The van der Waals surface area contributed by atoms with Crippen molar-refractivity contribution in [2.75, 3.05) is 0 Å². The summed E-state index contributed by atoms with van der Waals surface area (Å²) in [4.78, 5) is 9.63. The molecular weight excluding hydrogens is 156 g/mol. The van der Waals surface area contributed by atoms with Crippen LogP contribution in [0.25, 0.3) is 0 Å². The SMILES string of the molecule is O=[P+](O)N[P+](=O)S. The third-order valence-corrected chi connectivity index (χ3v) is 2.34. The van der Waals surface area contributed by atoms with Crippen LogP contribution in [0.2, 0.25) is 0 Å². The van der Waals surface area contributed by atoms with E-state index in [1.807, 2.05) is 0 Å². The summed E-state index contributed by atoms with van der Waals surface area (Å²) in [6.07, 6.45) is 0. The van der Waals surface area contributed by atoms with Crippen molar-refractivity contribution in [3.8, 4) is 0 Å². The molecule has 0 saturated carbocycles. The number of rotatable bonds is 2. The molecule has 2 atom stereocenters. The van der Waals surface area contributed by atoms with Crippen LogP contribution in [-0.2, 0) is 9.13 Å². The van der Waals surface area contributed by atoms with Crippen molar-refractivity contribution in [3.63, 3.8) is 0 Å². The highest BCUT2D eigenvalue weighted by molar-refractivity contribution is 8.40. The summed E-state index contributed by atoms with van der Waals surface area (Å²) in [6.45, 7) is 0. The zero-order valence-corrected chi connectivity index (χ0v) is 5.79. The molecule has 0 radical (unpaired) electrons. The van der Waals surface area contributed by atoms with Crippen LogP contribution in [0, 0.1) is 0 Å². The van der Waals surface area contributed by atoms with Crippen LogP contribution in [0.15, 0.2) is 0 Å². The lowest BCUT2D eigenvalue weighted by Gasteiger charge is -1.55.